The number of hydrogen-bond acceptors (Lipinski definition) is 3. The first-order chi connectivity index (χ1) is 9.19. The predicted molar refractivity (Wildman–Crippen MR) is 85.0 cm³/mol. The molecule has 1 aromatic heterocycles. The van der Waals surface area contributed by atoms with Gasteiger partial charge in [0.25, 0.3) is 0 Å². The zero-order valence-corrected chi connectivity index (χ0v) is 13.7. The number of rotatable bonds is 2. The number of halogens is 2. The number of aromatic nitrogens is 1. The molecule has 1 heterocycles. The van der Waals surface area contributed by atoms with Crippen molar-refractivity contribution in [3.63, 3.8) is 0 Å². The minimum absolute atomic E-state index is 0.389. The molecule has 3 rings (SSSR count). The molecule has 0 spiro atoms. The summed E-state index contributed by atoms with van der Waals surface area (Å²) in [5, 5.41) is 5.14. The highest BCUT2D eigenvalue weighted by Crippen LogP contribution is 2.39. The molecule has 1 aromatic carbocycles. The van der Waals surface area contributed by atoms with Crippen LogP contribution in [-0.4, -0.2) is 12.0 Å². The second-order valence-electron chi connectivity index (χ2n) is 4.69. The molecule has 1 aliphatic rings. The second-order valence-corrected chi connectivity index (χ2v) is 7.09. The number of thiazole rings is 1. The summed E-state index contributed by atoms with van der Waals surface area (Å²) >= 11 is 11.6. The average molecular weight is 358 g/mol. The highest BCUT2D eigenvalue weighted by molar-refractivity contribution is 9.10. The molecule has 2 nitrogen and oxygen atoms in total. The van der Waals surface area contributed by atoms with Gasteiger partial charge in [-0.2, -0.15) is 0 Å². The largest absolute Gasteiger partial charge is 0.312 e. The van der Waals surface area contributed by atoms with Gasteiger partial charge in [-0.1, -0.05) is 27.5 Å². The van der Waals surface area contributed by atoms with Gasteiger partial charge < -0.3 is 5.32 Å². The summed E-state index contributed by atoms with van der Waals surface area (Å²) in [6.07, 6.45) is 3.53. The van der Waals surface area contributed by atoms with Crippen LogP contribution in [0.2, 0.25) is 5.02 Å². The number of benzene rings is 1. The lowest BCUT2D eigenvalue weighted by Gasteiger charge is -2.19. The van der Waals surface area contributed by atoms with E-state index >= 15 is 0 Å². The Morgan fingerprint density at radius 1 is 1.47 bits per heavy atom. The van der Waals surface area contributed by atoms with Gasteiger partial charge in [0.05, 0.1) is 16.8 Å². The van der Waals surface area contributed by atoms with E-state index in [-0.39, 0.29) is 0 Å². The SMILES string of the molecule is CNC1CCCc2sc(-c3cc(Br)ccc3Cl)nc21. The topological polar surface area (TPSA) is 24.9 Å². The molecule has 2 aromatic rings. The molecule has 100 valence electrons. The molecule has 19 heavy (non-hydrogen) atoms. The Hall–Kier alpha value is -0.420. The summed E-state index contributed by atoms with van der Waals surface area (Å²) in [6.45, 7) is 0. The standard InChI is InChI=1S/C14H14BrClN2S/c1-17-11-3-2-4-12-13(11)18-14(19-12)9-7-8(15)5-6-10(9)16/h5-7,11,17H,2-4H2,1H3. The minimum atomic E-state index is 0.389. The van der Waals surface area contributed by atoms with Gasteiger partial charge in [0.1, 0.15) is 5.01 Å². The van der Waals surface area contributed by atoms with Crippen molar-refractivity contribution in [3.8, 4) is 10.6 Å². The number of fused-ring (bicyclic) bond motifs is 1. The predicted octanol–water partition coefficient (Wildman–Crippen LogP) is 4.82. The fourth-order valence-corrected chi connectivity index (χ4v) is 4.30. The van der Waals surface area contributed by atoms with Crippen molar-refractivity contribution in [1.82, 2.24) is 10.3 Å². The molecule has 1 unspecified atom stereocenters. The van der Waals surface area contributed by atoms with E-state index < -0.39 is 0 Å². The Bertz CT molecular complexity index is 611. The maximum Gasteiger partial charge on any atom is 0.125 e. The third kappa shape index (κ3) is 2.59. The van der Waals surface area contributed by atoms with Gasteiger partial charge in [-0.15, -0.1) is 11.3 Å². The van der Waals surface area contributed by atoms with Crippen molar-refractivity contribution in [1.29, 1.82) is 0 Å². The van der Waals surface area contributed by atoms with Crippen LogP contribution in [0.15, 0.2) is 22.7 Å². The van der Waals surface area contributed by atoms with Crippen molar-refractivity contribution in [3.05, 3.63) is 38.3 Å². The lowest BCUT2D eigenvalue weighted by atomic mass is 9.98. The molecular weight excluding hydrogens is 344 g/mol. The van der Waals surface area contributed by atoms with Crippen LogP contribution in [0.25, 0.3) is 10.6 Å². The fraction of sp³-hybridized carbons (Fsp3) is 0.357. The van der Waals surface area contributed by atoms with Crippen LogP contribution >= 0.6 is 38.9 Å². The summed E-state index contributed by atoms with van der Waals surface area (Å²) in [4.78, 5) is 6.23. The molecule has 0 radical (unpaired) electrons. The molecular formula is C14H14BrClN2S. The number of nitrogens with zero attached hydrogens (tertiary/aromatic N) is 1. The van der Waals surface area contributed by atoms with Crippen LogP contribution in [0.1, 0.15) is 29.5 Å². The van der Waals surface area contributed by atoms with E-state index in [4.69, 9.17) is 16.6 Å². The highest BCUT2D eigenvalue weighted by atomic mass is 79.9. The van der Waals surface area contributed by atoms with Crippen molar-refractivity contribution in [2.75, 3.05) is 7.05 Å². The lowest BCUT2D eigenvalue weighted by Crippen LogP contribution is -2.21. The van der Waals surface area contributed by atoms with Gasteiger partial charge in [0.2, 0.25) is 0 Å². The van der Waals surface area contributed by atoms with Crippen molar-refractivity contribution in [2.45, 2.75) is 25.3 Å². The number of aryl methyl sites for hydroxylation is 1. The van der Waals surface area contributed by atoms with Crippen molar-refractivity contribution < 1.29 is 0 Å². The van der Waals surface area contributed by atoms with E-state index in [1.165, 1.54) is 23.4 Å². The summed E-state index contributed by atoms with van der Waals surface area (Å²) in [5.74, 6) is 0. The minimum Gasteiger partial charge on any atom is -0.312 e. The zero-order chi connectivity index (χ0) is 13.4. The molecule has 0 bridgehead atoms. The Balaban J connectivity index is 2.07. The lowest BCUT2D eigenvalue weighted by molar-refractivity contribution is 0.490. The Kier molecular flexibility index (Phi) is 3.94. The smallest absolute Gasteiger partial charge is 0.125 e. The fourth-order valence-electron chi connectivity index (χ4n) is 2.48. The molecule has 0 saturated heterocycles. The van der Waals surface area contributed by atoms with E-state index in [1.807, 2.05) is 25.2 Å². The number of nitrogens with one attached hydrogen (secondary N) is 1. The average Bonchev–Trinajstić information content (AvgIpc) is 2.85. The van der Waals surface area contributed by atoms with E-state index in [1.54, 1.807) is 11.3 Å². The van der Waals surface area contributed by atoms with E-state index in [0.29, 0.717) is 6.04 Å². The van der Waals surface area contributed by atoms with Crippen LogP contribution in [0.3, 0.4) is 0 Å². The summed E-state index contributed by atoms with van der Waals surface area (Å²) in [7, 11) is 2.00. The zero-order valence-electron chi connectivity index (χ0n) is 10.5. The van der Waals surface area contributed by atoms with Gasteiger partial charge in [-0.05, 0) is 44.5 Å². The first-order valence-corrected chi connectivity index (χ1v) is 8.30. The van der Waals surface area contributed by atoms with E-state index in [2.05, 4.69) is 21.2 Å². The first kappa shape index (κ1) is 13.6. The van der Waals surface area contributed by atoms with Crippen molar-refractivity contribution >= 4 is 38.9 Å². The van der Waals surface area contributed by atoms with Gasteiger partial charge in [0.15, 0.2) is 0 Å². The molecule has 1 atom stereocenters. The molecule has 0 saturated carbocycles. The van der Waals surface area contributed by atoms with E-state index in [0.717, 1.165) is 26.5 Å². The Labute approximate surface area is 130 Å². The molecule has 1 N–H and O–H groups in total. The van der Waals surface area contributed by atoms with Crippen molar-refractivity contribution in [2.24, 2.45) is 0 Å². The summed E-state index contributed by atoms with van der Waals surface area (Å²) in [6, 6.07) is 6.30. The quantitative estimate of drug-likeness (QED) is 0.833. The van der Waals surface area contributed by atoms with E-state index in [9.17, 15) is 0 Å². The van der Waals surface area contributed by atoms with Crippen LogP contribution < -0.4 is 5.32 Å². The Morgan fingerprint density at radius 3 is 3.11 bits per heavy atom. The van der Waals surface area contributed by atoms with Gasteiger partial charge in [-0.25, -0.2) is 4.98 Å². The van der Waals surface area contributed by atoms with Gasteiger partial charge in [-0.3, -0.25) is 0 Å². The van der Waals surface area contributed by atoms with Crippen LogP contribution in [-0.2, 0) is 6.42 Å². The maximum atomic E-state index is 6.29. The van der Waals surface area contributed by atoms with Gasteiger partial charge in [0, 0.05) is 14.9 Å². The first-order valence-electron chi connectivity index (χ1n) is 6.31. The third-order valence-corrected chi connectivity index (χ3v) is 5.45. The normalized spacial score (nSPS) is 18.4. The monoisotopic (exact) mass is 356 g/mol. The van der Waals surface area contributed by atoms with Crippen LogP contribution in [0, 0.1) is 0 Å². The Morgan fingerprint density at radius 2 is 2.32 bits per heavy atom. The molecule has 1 aliphatic carbocycles. The molecule has 0 amide bonds. The summed E-state index contributed by atoms with van der Waals surface area (Å²) < 4.78 is 1.03. The number of hydrogen-bond donors (Lipinski definition) is 1. The molecule has 5 heteroatoms. The molecule has 0 fully saturated rings. The van der Waals surface area contributed by atoms with Crippen LogP contribution in [0.5, 0.6) is 0 Å². The van der Waals surface area contributed by atoms with Gasteiger partial charge >= 0.3 is 0 Å². The maximum absolute atomic E-state index is 6.29. The highest BCUT2D eigenvalue weighted by Gasteiger charge is 2.24. The second kappa shape index (κ2) is 5.52. The summed E-state index contributed by atoms with van der Waals surface area (Å²) in [5.41, 5.74) is 2.23. The van der Waals surface area contributed by atoms with Crippen LogP contribution in [0.4, 0.5) is 0 Å². The third-order valence-electron chi connectivity index (χ3n) is 3.46. The molecule has 0 aliphatic heterocycles.